The molecule has 1 aliphatic rings. The minimum atomic E-state index is -0.327. The molecule has 1 aliphatic heterocycles. The van der Waals surface area contributed by atoms with Gasteiger partial charge in [0.05, 0.1) is 20.0 Å². The van der Waals surface area contributed by atoms with Crippen LogP contribution in [-0.2, 0) is 14.3 Å². The van der Waals surface area contributed by atoms with Crippen LogP contribution >= 0.6 is 15.9 Å². The number of ether oxygens (including phenoxy) is 2. The quantitative estimate of drug-likeness (QED) is 0.621. The highest BCUT2D eigenvalue weighted by Crippen LogP contribution is 2.40. The Morgan fingerprint density at radius 1 is 1.59 bits per heavy atom. The van der Waals surface area contributed by atoms with Crippen LogP contribution in [0.3, 0.4) is 0 Å². The van der Waals surface area contributed by atoms with Gasteiger partial charge < -0.3 is 9.47 Å². The Morgan fingerprint density at radius 2 is 2.35 bits per heavy atom. The van der Waals surface area contributed by atoms with Crippen LogP contribution in [-0.4, -0.2) is 19.0 Å². The van der Waals surface area contributed by atoms with Crippen molar-refractivity contribution in [1.82, 2.24) is 0 Å². The van der Waals surface area contributed by atoms with Crippen molar-refractivity contribution in [3.05, 3.63) is 28.2 Å². The minimum absolute atomic E-state index is 0.182. The van der Waals surface area contributed by atoms with Crippen molar-refractivity contribution in [1.29, 1.82) is 0 Å². The maximum Gasteiger partial charge on any atom is 0.311 e. The van der Waals surface area contributed by atoms with Crippen LogP contribution in [0.2, 0.25) is 0 Å². The van der Waals surface area contributed by atoms with Crippen molar-refractivity contribution >= 4 is 27.9 Å². The zero-order chi connectivity index (χ0) is 12.4. The van der Waals surface area contributed by atoms with Crippen molar-refractivity contribution in [3.63, 3.8) is 0 Å². The lowest BCUT2D eigenvalue weighted by Crippen LogP contribution is -2.22. The molecule has 0 radical (unpaired) electrons. The Kier molecular flexibility index (Phi) is 3.47. The Balaban J connectivity index is 2.36. The third-order valence-electron chi connectivity index (χ3n) is 2.70. The lowest BCUT2D eigenvalue weighted by molar-refractivity contribution is -0.142. The molecular weight excluding hydrogens is 288 g/mol. The number of esters is 2. The average Bonchev–Trinajstić information content (AvgIpc) is 2.28. The minimum Gasteiger partial charge on any atom is -0.469 e. The Bertz CT molecular complexity index is 470. The van der Waals surface area contributed by atoms with Gasteiger partial charge in [0.1, 0.15) is 5.75 Å². The number of benzene rings is 1. The topological polar surface area (TPSA) is 52.6 Å². The van der Waals surface area contributed by atoms with E-state index in [2.05, 4.69) is 20.7 Å². The van der Waals surface area contributed by atoms with Gasteiger partial charge in [-0.3, -0.25) is 9.59 Å². The fourth-order valence-electron chi connectivity index (χ4n) is 1.93. The van der Waals surface area contributed by atoms with E-state index in [1.165, 1.54) is 7.11 Å². The van der Waals surface area contributed by atoms with E-state index in [-0.39, 0.29) is 30.7 Å². The maximum absolute atomic E-state index is 11.4. The third-order valence-corrected chi connectivity index (χ3v) is 3.39. The number of carbonyl (C=O) groups excluding carboxylic acids is 2. The molecule has 0 bridgehead atoms. The van der Waals surface area contributed by atoms with Gasteiger partial charge in [-0.15, -0.1) is 0 Å². The molecule has 0 saturated carbocycles. The fraction of sp³-hybridized carbons (Fsp3) is 0.333. The summed E-state index contributed by atoms with van der Waals surface area (Å²) in [7, 11) is 1.34. The normalized spacial score (nSPS) is 18.2. The van der Waals surface area contributed by atoms with Gasteiger partial charge in [-0.1, -0.05) is 22.0 Å². The summed E-state index contributed by atoms with van der Waals surface area (Å²) in [5.74, 6) is -0.310. The molecule has 0 spiro atoms. The van der Waals surface area contributed by atoms with Crippen LogP contribution in [0, 0.1) is 0 Å². The van der Waals surface area contributed by atoms with E-state index < -0.39 is 0 Å². The van der Waals surface area contributed by atoms with Gasteiger partial charge in [0, 0.05) is 16.0 Å². The van der Waals surface area contributed by atoms with Crippen molar-refractivity contribution in [2.45, 2.75) is 18.8 Å². The molecule has 2 rings (SSSR count). The second kappa shape index (κ2) is 4.87. The van der Waals surface area contributed by atoms with E-state index in [4.69, 9.17) is 4.74 Å². The van der Waals surface area contributed by atoms with Crippen molar-refractivity contribution in [3.8, 4) is 5.75 Å². The molecule has 0 aliphatic carbocycles. The molecule has 0 amide bonds. The van der Waals surface area contributed by atoms with Gasteiger partial charge in [-0.2, -0.15) is 0 Å². The number of hydrogen-bond donors (Lipinski definition) is 0. The molecule has 5 heteroatoms. The van der Waals surface area contributed by atoms with Crippen molar-refractivity contribution < 1.29 is 19.1 Å². The van der Waals surface area contributed by atoms with Crippen LogP contribution in [0.15, 0.2) is 22.7 Å². The smallest absolute Gasteiger partial charge is 0.311 e. The van der Waals surface area contributed by atoms with E-state index in [0.29, 0.717) is 5.75 Å². The molecule has 0 fully saturated rings. The average molecular weight is 299 g/mol. The zero-order valence-corrected chi connectivity index (χ0v) is 10.8. The summed E-state index contributed by atoms with van der Waals surface area (Å²) in [6.07, 6.45) is 0.381. The van der Waals surface area contributed by atoms with E-state index >= 15 is 0 Å². The molecule has 1 aromatic carbocycles. The predicted molar refractivity (Wildman–Crippen MR) is 63.8 cm³/mol. The van der Waals surface area contributed by atoms with Crippen LogP contribution in [0.25, 0.3) is 0 Å². The maximum atomic E-state index is 11.4. The number of hydrogen-bond acceptors (Lipinski definition) is 4. The summed E-state index contributed by atoms with van der Waals surface area (Å²) in [5.41, 5.74) is 0.859. The molecular formula is C12H11BrO4. The highest BCUT2D eigenvalue weighted by Gasteiger charge is 2.30. The summed E-state index contributed by atoms with van der Waals surface area (Å²) < 4.78 is 10.6. The van der Waals surface area contributed by atoms with E-state index in [1.807, 2.05) is 6.07 Å². The van der Waals surface area contributed by atoms with Crippen LogP contribution in [0.5, 0.6) is 5.75 Å². The molecule has 90 valence electrons. The Morgan fingerprint density at radius 3 is 3.06 bits per heavy atom. The van der Waals surface area contributed by atoms with Gasteiger partial charge in [0.15, 0.2) is 0 Å². The van der Waals surface area contributed by atoms with Gasteiger partial charge in [-0.25, -0.2) is 0 Å². The number of methoxy groups -OCH3 is 1. The second-order valence-corrected chi connectivity index (χ2v) is 4.66. The lowest BCUT2D eigenvalue weighted by Gasteiger charge is -2.24. The largest absolute Gasteiger partial charge is 0.469 e. The predicted octanol–water partition coefficient (Wildman–Crippen LogP) is 2.40. The van der Waals surface area contributed by atoms with Crippen LogP contribution in [0.1, 0.15) is 24.3 Å². The molecule has 17 heavy (non-hydrogen) atoms. The van der Waals surface area contributed by atoms with Gasteiger partial charge in [0.25, 0.3) is 0 Å². The highest BCUT2D eigenvalue weighted by atomic mass is 79.9. The lowest BCUT2D eigenvalue weighted by atomic mass is 9.90. The molecule has 0 saturated heterocycles. The first-order valence-electron chi connectivity index (χ1n) is 5.17. The fourth-order valence-corrected chi connectivity index (χ4v) is 2.60. The molecule has 0 unspecified atom stereocenters. The summed E-state index contributed by atoms with van der Waals surface area (Å²) in [4.78, 5) is 22.7. The Hall–Kier alpha value is -1.36. The van der Waals surface area contributed by atoms with Gasteiger partial charge in [-0.05, 0) is 12.1 Å². The van der Waals surface area contributed by atoms with Gasteiger partial charge in [0.2, 0.25) is 0 Å². The first kappa shape index (κ1) is 12.1. The first-order chi connectivity index (χ1) is 8.11. The van der Waals surface area contributed by atoms with E-state index in [1.54, 1.807) is 12.1 Å². The zero-order valence-electron chi connectivity index (χ0n) is 9.23. The van der Waals surface area contributed by atoms with Crippen LogP contribution < -0.4 is 4.74 Å². The molecule has 1 heterocycles. The SMILES string of the molecule is COC(=O)C[C@H]1CC(=O)Oc2cccc(Br)c21. The van der Waals surface area contributed by atoms with Gasteiger partial charge >= 0.3 is 11.9 Å². The Labute approximate surface area is 107 Å². The van der Waals surface area contributed by atoms with Crippen molar-refractivity contribution in [2.75, 3.05) is 7.11 Å². The summed E-state index contributed by atoms with van der Waals surface area (Å²) in [5, 5.41) is 0. The molecule has 1 atom stereocenters. The molecule has 0 aromatic heterocycles. The third kappa shape index (κ3) is 2.49. The number of carbonyl (C=O) groups is 2. The summed E-state index contributed by atoms with van der Waals surface area (Å²) >= 11 is 3.41. The molecule has 1 aromatic rings. The number of fused-ring (bicyclic) bond motifs is 1. The summed E-state index contributed by atoms with van der Waals surface area (Å²) in [6.45, 7) is 0. The van der Waals surface area contributed by atoms with E-state index in [9.17, 15) is 9.59 Å². The second-order valence-electron chi connectivity index (χ2n) is 3.81. The first-order valence-corrected chi connectivity index (χ1v) is 5.97. The standard InChI is InChI=1S/C12H11BrO4/c1-16-10(14)5-7-6-11(15)17-9-4-2-3-8(13)12(7)9/h2-4,7H,5-6H2,1H3/t7-/m0/s1. The highest BCUT2D eigenvalue weighted by molar-refractivity contribution is 9.10. The number of halogens is 1. The molecule has 0 N–H and O–H groups in total. The summed E-state index contributed by atoms with van der Waals surface area (Å²) in [6, 6.07) is 5.38. The van der Waals surface area contributed by atoms with Crippen molar-refractivity contribution in [2.24, 2.45) is 0 Å². The van der Waals surface area contributed by atoms with Crippen LogP contribution in [0.4, 0.5) is 0 Å². The number of rotatable bonds is 2. The monoisotopic (exact) mass is 298 g/mol. The van der Waals surface area contributed by atoms with E-state index in [0.717, 1.165) is 10.0 Å². The molecule has 4 nitrogen and oxygen atoms in total.